The second-order valence-corrected chi connectivity index (χ2v) is 4.44. The van der Waals surface area contributed by atoms with Crippen LogP contribution in [-0.2, 0) is 9.53 Å². The van der Waals surface area contributed by atoms with E-state index in [-0.39, 0.29) is 11.9 Å². The van der Waals surface area contributed by atoms with Gasteiger partial charge in [-0.15, -0.1) is 0 Å². The van der Waals surface area contributed by atoms with Crippen molar-refractivity contribution >= 4 is 5.97 Å². The molecule has 1 N–H and O–H groups in total. The third-order valence-corrected chi connectivity index (χ3v) is 3.33. The van der Waals surface area contributed by atoms with Gasteiger partial charge in [0.1, 0.15) is 0 Å². The molecule has 0 aromatic rings. The summed E-state index contributed by atoms with van der Waals surface area (Å²) >= 11 is 0. The van der Waals surface area contributed by atoms with E-state index in [1.165, 1.54) is 32.8 Å². The summed E-state index contributed by atoms with van der Waals surface area (Å²) in [6.07, 6.45) is 6.30. The van der Waals surface area contributed by atoms with E-state index in [0.29, 0.717) is 0 Å². The predicted octanol–water partition coefficient (Wildman–Crippen LogP) is 1.97. The molecular formula is C12H23NO2. The van der Waals surface area contributed by atoms with E-state index in [4.69, 9.17) is 4.74 Å². The number of carbonyl (C=O) groups excluding carboxylic acids is 1. The molecule has 1 unspecified atom stereocenters. The third kappa shape index (κ3) is 4.20. The Morgan fingerprint density at radius 3 is 2.67 bits per heavy atom. The Kier molecular flexibility index (Phi) is 5.69. The highest BCUT2D eigenvalue weighted by Gasteiger charge is 2.18. The van der Waals surface area contributed by atoms with Crippen LogP contribution in [0.4, 0.5) is 0 Å². The van der Waals surface area contributed by atoms with Crippen molar-refractivity contribution in [2.75, 3.05) is 20.2 Å². The first kappa shape index (κ1) is 12.5. The first-order valence-corrected chi connectivity index (χ1v) is 6.06. The van der Waals surface area contributed by atoms with Crippen molar-refractivity contribution in [1.29, 1.82) is 0 Å². The fourth-order valence-electron chi connectivity index (χ4n) is 2.24. The molecule has 0 aromatic heterocycles. The maximum absolute atomic E-state index is 11.3. The smallest absolute Gasteiger partial charge is 0.309 e. The second kappa shape index (κ2) is 6.83. The van der Waals surface area contributed by atoms with Crippen LogP contribution in [-0.4, -0.2) is 26.2 Å². The van der Waals surface area contributed by atoms with Gasteiger partial charge in [-0.05, 0) is 31.7 Å². The minimum Gasteiger partial charge on any atom is -0.469 e. The van der Waals surface area contributed by atoms with E-state index < -0.39 is 0 Å². The lowest BCUT2D eigenvalue weighted by Crippen LogP contribution is -2.31. The lowest BCUT2D eigenvalue weighted by Gasteiger charge is -2.15. The molecule has 3 heteroatoms. The van der Waals surface area contributed by atoms with Gasteiger partial charge in [-0.3, -0.25) is 4.79 Å². The van der Waals surface area contributed by atoms with Crippen molar-refractivity contribution in [3.8, 4) is 0 Å². The zero-order valence-corrected chi connectivity index (χ0v) is 9.92. The Labute approximate surface area is 92.6 Å². The molecule has 1 atom stereocenters. The van der Waals surface area contributed by atoms with Gasteiger partial charge < -0.3 is 10.1 Å². The predicted molar refractivity (Wildman–Crippen MR) is 60.6 cm³/mol. The van der Waals surface area contributed by atoms with E-state index >= 15 is 0 Å². The van der Waals surface area contributed by atoms with Gasteiger partial charge in [-0.2, -0.15) is 0 Å². The topological polar surface area (TPSA) is 38.3 Å². The van der Waals surface area contributed by atoms with Crippen LogP contribution < -0.4 is 5.32 Å². The normalized spacial score (nSPS) is 19.1. The van der Waals surface area contributed by atoms with E-state index in [0.717, 1.165) is 25.4 Å². The molecule has 1 saturated carbocycles. The minimum absolute atomic E-state index is 0.0244. The molecule has 1 fully saturated rings. The van der Waals surface area contributed by atoms with Crippen LogP contribution in [0.1, 0.15) is 39.0 Å². The van der Waals surface area contributed by atoms with Crippen molar-refractivity contribution in [3.05, 3.63) is 0 Å². The number of hydrogen-bond donors (Lipinski definition) is 1. The molecule has 0 amide bonds. The molecule has 15 heavy (non-hydrogen) atoms. The second-order valence-electron chi connectivity index (χ2n) is 4.44. The Bertz CT molecular complexity index is 188. The lowest BCUT2D eigenvalue weighted by atomic mass is 10.1. The van der Waals surface area contributed by atoms with Gasteiger partial charge in [0.05, 0.1) is 13.0 Å². The maximum atomic E-state index is 11.3. The fourth-order valence-corrected chi connectivity index (χ4v) is 2.24. The average Bonchev–Trinajstić information content (AvgIpc) is 2.76. The van der Waals surface area contributed by atoms with Crippen LogP contribution in [0.15, 0.2) is 0 Å². The highest BCUT2D eigenvalue weighted by Crippen LogP contribution is 2.23. The molecule has 3 nitrogen and oxygen atoms in total. The molecule has 88 valence electrons. The number of nitrogens with one attached hydrogen (secondary N) is 1. The van der Waals surface area contributed by atoms with E-state index in [2.05, 4.69) is 5.32 Å². The summed E-state index contributed by atoms with van der Waals surface area (Å²) in [4.78, 5) is 11.3. The number of carbonyl (C=O) groups is 1. The first-order chi connectivity index (χ1) is 7.27. The highest BCUT2D eigenvalue weighted by molar-refractivity contribution is 5.72. The standard InChI is InChI=1S/C12H23NO2/c1-3-11(12(14)15-2)9-13-8-10-6-4-5-7-10/h10-11,13H,3-9H2,1-2H3. The van der Waals surface area contributed by atoms with E-state index in [1.54, 1.807) is 0 Å². The van der Waals surface area contributed by atoms with Crippen molar-refractivity contribution in [2.45, 2.75) is 39.0 Å². The molecule has 0 saturated heterocycles. The van der Waals surface area contributed by atoms with Crippen LogP contribution in [0.5, 0.6) is 0 Å². The number of hydrogen-bond acceptors (Lipinski definition) is 3. The van der Waals surface area contributed by atoms with Gasteiger partial charge in [0.2, 0.25) is 0 Å². The molecule has 1 aliphatic carbocycles. The Balaban J connectivity index is 2.13. The monoisotopic (exact) mass is 213 g/mol. The molecule has 0 radical (unpaired) electrons. The molecule has 0 spiro atoms. The Hall–Kier alpha value is -0.570. The summed E-state index contributed by atoms with van der Waals surface area (Å²) in [5.41, 5.74) is 0. The molecular weight excluding hydrogens is 190 g/mol. The summed E-state index contributed by atoms with van der Waals surface area (Å²) < 4.78 is 4.75. The molecule has 0 bridgehead atoms. The van der Waals surface area contributed by atoms with Gasteiger partial charge in [-0.1, -0.05) is 19.8 Å². The lowest BCUT2D eigenvalue weighted by molar-refractivity contribution is -0.145. The molecule has 0 heterocycles. The summed E-state index contributed by atoms with van der Waals surface area (Å²) in [6, 6.07) is 0. The number of ether oxygens (including phenoxy) is 1. The maximum Gasteiger partial charge on any atom is 0.309 e. The summed E-state index contributed by atoms with van der Waals surface area (Å²) in [5.74, 6) is 0.771. The summed E-state index contributed by atoms with van der Waals surface area (Å²) in [6.45, 7) is 3.85. The zero-order chi connectivity index (χ0) is 11.1. The summed E-state index contributed by atoms with van der Waals surface area (Å²) in [7, 11) is 1.46. The zero-order valence-electron chi connectivity index (χ0n) is 9.92. The van der Waals surface area contributed by atoms with Gasteiger partial charge in [0.25, 0.3) is 0 Å². The fraction of sp³-hybridized carbons (Fsp3) is 0.917. The molecule has 1 rings (SSSR count). The van der Waals surface area contributed by atoms with Gasteiger partial charge in [0.15, 0.2) is 0 Å². The van der Waals surface area contributed by atoms with Crippen molar-refractivity contribution in [1.82, 2.24) is 5.32 Å². The van der Waals surface area contributed by atoms with Crippen LogP contribution in [0, 0.1) is 11.8 Å². The molecule has 1 aliphatic rings. The summed E-state index contributed by atoms with van der Waals surface area (Å²) in [5, 5.41) is 3.39. The van der Waals surface area contributed by atoms with Crippen molar-refractivity contribution in [3.63, 3.8) is 0 Å². The quantitative estimate of drug-likeness (QED) is 0.685. The third-order valence-electron chi connectivity index (χ3n) is 3.33. The average molecular weight is 213 g/mol. The van der Waals surface area contributed by atoms with E-state index in [1.807, 2.05) is 6.92 Å². The number of esters is 1. The van der Waals surface area contributed by atoms with Crippen molar-refractivity contribution < 1.29 is 9.53 Å². The van der Waals surface area contributed by atoms with Crippen LogP contribution in [0.25, 0.3) is 0 Å². The minimum atomic E-state index is -0.0866. The van der Waals surface area contributed by atoms with Crippen molar-refractivity contribution in [2.24, 2.45) is 11.8 Å². The number of methoxy groups -OCH3 is 1. The number of rotatable bonds is 6. The SMILES string of the molecule is CCC(CNCC1CCCC1)C(=O)OC. The van der Waals surface area contributed by atoms with Crippen LogP contribution >= 0.6 is 0 Å². The van der Waals surface area contributed by atoms with Gasteiger partial charge in [-0.25, -0.2) is 0 Å². The Morgan fingerprint density at radius 1 is 1.47 bits per heavy atom. The molecule has 0 aliphatic heterocycles. The van der Waals surface area contributed by atoms with E-state index in [9.17, 15) is 4.79 Å². The highest BCUT2D eigenvalue weighted by atomic mass is 16.5. The Morgan fingerprint density at radius 2 is 2.13 bits per heavy atom. The van der Waals surface area contributed by atoms with Crippen LogP contribution in [0.3, 0.4) is 0 Å². The molecule has 0 aromatic carbocycles. The van der Waals surface area contributed by atoms with Gasteiger partial charge in [0, 0.05) is 6.54 Å². The largest absolute Gasteiger partial charge is 0.469 e. The van der Waals surface area contributed by atoms with Gasteiger partial charge >= 0.3 is 5.97 Å². The first-order valence-electron chi connectivity index (χ1n) is 6.06. The van der Waals surface area contributed by atoms with Crippen LogP contribution in [0.2, 0.25) is 0 Å².